The van der Waals surface area contributed by atoms with Gasteiger partial charge >= 0.3 is 0 Å². The second kappa shape index (κ2) is 5.64. The Morgan fingerprint density at radius 2 is 2.05 bits per heavy atom. The van der Waals surface area contributed by atoms with Gasteiger partial charge in [-0.3, -0.25) is 4.79 Å². The molecule has 0 spiro atoms. The number of ether oxygens (including phenoxy) is 1. The van der Waals surface area contributed by atoms with Crippen LogP contribution in [-0.4, -0.2) is 30.6 Å². The predicted molar refractivity (Wildman–Crippen MR) is 90.4 cm³/mol. The summed E-state index contributed by atoms with van der Waals surface area (Å²) in [4.78, 5) is 18.1. The van der Waals surface area contributed by atoms with Crippen LogP contribution in [0.2, 0.25) is 10.0 Å². The van der Waals surface area contributed by atoms with Crippen LogP contribution in [0.5, 0.6) is 0 Å². The minimum absolute atomic E-state index is 0.0207. The molecule has 2 aromatic rings. The van der Waals surface area contributed by atoms with E-state index in [2.05, 4.69) is 17.2 Å². The van der Waals surface area contributed by atoms with Crippen molar-refractivity contribution in [2.75, 3.05) is 19.8 Å². The van der Waals surface area contributed by atoms with Gasteiger partial charge in [-0.2, -0.15) is 0 Å². The summed E-state index contributed by atoms with van der Waals surface area (Å²) in [5.74, 6) is -0.172. The average molecular weight is 359 g/mol. The van der Waals surface area contributed by atoms with Crippen molar-refractivity contribution in [3.8, 4) is 0 Å². The van der Waals surface area contributed by atoms with Gasteiger partial charge in [0.05, 0.1) is 29.0 Å². The van der Waals surface area contributed by atoms with Crippen molar-refractivity contribution in [3.05, 3.63) is 26.2 Å². The quantitative estimate of drug-likeness (QED) is 0.902. The van der Waals surface area contributed by atoms with Gasteiger partial charge in [0.2, 0.25) is 0 Å². The summed E-state index contributed by atoms with van der Waals surface area (Å²) >= 11 is 13.9. The number of hydrogen-bond donors (Lipinski definition) is 1. The molecule has 1 amide bonds. The number of aryl methyl sites for hydroxylation is 2. The van der Waals surface area contributed by atoms with E-state index in [1.54, 1.807) is 0 Å². The molecule has 0 aromatic carbocycles. The number of amides is 1. The van der Waals surface area contributed by atoms with Gasteiger partial charge in [0.1, 0.15) is 9.71 Å². The zero-order chi connectivity index (χ0) is 16.1. The standard InChI is InChI=1S/C15H16Cl2N2O2S/c1-7-9-11(17)12(22-14(9)19-8(2)10(7)16)13(20)18-4-15(3)5-21-6-15/h4-6H2,1-3H3,(H,18,20). The highest BCUT2D eigenvalue weighted by atomic mass is 35.5. The van der Waals surface area contributed by atoms with E-state index >= 15 is 0 Å². The lowest BCUT2D eigenvalue weighted by Crippen LogP contribution is -2.48. The van der Waals surface area contributed by atoms with Gasteiger partial charge < -0.3 is 10.1 Å². The molecule has 1 N–H and O–H groups in total. The van der Waals surface area contributed by atoms with Gasteiger partial charge in [0.15, 0.2) is 0 Å². The highest BCUT2D eigenvalue weighted by Crippen LogP contribution is 2.39. The molecular weight excluding hydrogens is 343 g/mol. The number of nitrogens with one attached hydrogen (secondary N) is 1. The Balaban J connectivity index is 1.92. The Labute approximate surface area is 142 Å². The first-order valence-corrected chi connectivity index (χ1v) is 8.50. The maximum atomic E-state index is 12.4. The van der Waals surface area contributed by atoms with E-state index < -0.39 is 0 Å². The van der Waals surface area contributed by atoms with E-state index in [4.69, 9.17) is 27.9 Å². The van der Waals surface area contributed by atoms with Crippen LogP contribution in [-0.2, 0) is 4.74 Å². The molecule has 4 nitrogen and oxygen atoms in total. The van der Waals surface area contributed by atoms with E-state index in [0.717, 1.165) is 21.5 Å². The molecule has 7 heteroatoms. The van der Waals surface area contributed by atoms with Crippen molar-refractivity contribution in [2.45, 2.75) is 20.8 Å². The molecule has 3 heterocycles. The topological polar surface area (TPSA) is 51.2 Å². The minimum Gasteiger partial charge on any atom is -0.380 e. The molecule has 1 aliphatic heterocycles. The molecule has 118 valence electrons. The van der Waals surface area contributed by atoms with Crippen LogP contribution in [0.25, 0.3) is 10.2 Å². The number of hydrogen-bond acceptors (Lipinski definition) is 4. The van der Waals surface area contributed by atoms with E-state index in [1.165, 1.54) is 11.3 Å². The lowest BCUT2D eigenvalue weighted by atomic mass is 9.89. The van der Waals surface area contributed by atoms with Crippen molar-refractivity contribution in [1.82, 2.24) is 10.3 Å². The van der Waals surface area contributed by atoms with Crippen molar-refractivity contribution in [1.29, 1.82) is 0 Å². The van der Waals surface area contributed by atoms with Crippen LogP contribution in [0, 0.1) is 19.3 Å². The zero-order valence-electron chi connectivity index (χ0n) is 12.5. The second-order valence-electron chi connectivity index (χ2n) is 6.05. The molecule has 2 aromatic heterocycles. The van der Waals surface area contributed by atoms with Gasteiger partial charge in [-0.1, -0.05) is 30.1 Å². The molecule has 1 aliphatic rings. The molecule has 0 aliphatic carbocycles. The van der Waals surface area contributed by atoms with E-state index in [9.17, 15) is 4.79 Å². The average Bonchev–Trinajstić information content (AvgIpc) is 2.77. The normalized spacial score (nSPS) is 16.6. The first-order valence-electron chi connectivity index (χ1n) is 6.93. The number of pyridine rings is 1. The predicted octanol–water partition coefficient (Wildman–Crippen LogP) is 3.99. The number of fused-ring (bicyclic) bond motifs is 1. The highest BCUT2D eigenvalue weighted by molar-refractivity contribution is 7.21. The summed E-state index contributed by atoms with van der Waals surface area (Å²) < 4.78 is 5.19. The number of carbonyl (C=O) groups excluding carboxylic acids is 1. The molecule has 0 saturated carbocycles. The number of carbonyl (C=O) groups is 1. The fourth-order valence-electron chi connectivity index (χ4n) is 2.46. The maximum absolute atomic E-state index is 12.4. The Kier molecular flexibility index (Phi) is 4.10. The lowest BCUT2D eigenvalue weighted by molar-refractivity contribution is -0.0978. The number of thiophene rings is 1. The van der Waals surface area contributed by atoms with Crippen LogP contribution in [0.3, 0.4) is 0 Å². The van der Waals surface area contributed by atoms with Crippen LogP contribution >= 0.6 is 34.5 Å². The third kappa shape index (κ3) is 2.60. The third-order valence-electron chi connectivity index (χ3n) is 3.91. The van der Waals surface area contributed by atoms with Crippen LogP contribution in [0.15, 0.2) is 0 Å². The van der Waals surface area contributed by atoms with Crippen molar-refractivity contribution < 1.29 is 9.53 Å². The number of rotatable bonds is 3. The van der Waals surface area contributed by atoms with Crippen LogP contribution in [0.1, 0.15) is 27.9 Å². The van der Waals surface area contributed by atoms with Gasteiger partial charge in [0.25, 0.3) is 5.91 Å². The Bertz CT molecular complexity index is 769. The van der Waals surface area contributed by atoms with Crippen molar-refractivity contribution in [2.24, 2.45) is 5.41 Å². The smallest absolute Gasteiger partial charge is 0.263 e. The van der Waals surface area contributed by atoms with Crippen molar-refractivity contribution in [3.63, 3.8) is 0 Å². The third-order valence-corrected chi connectivity index (χ3v) is 6.03. The Morgan fingerprint density at radius 3 is 2.64 bits per heavy atom. The summed E-state index contributed by atoms with van der Waals surface area (Å²) in [5.41, 5.74) is 1.63. The largest absolute Gasteiger partial charge is 0.380 e. The second-order valence-corrected chi connectivity index (χ2v) is 7.80. The van der Waals surface area contributed by atoms with Gasteiger partial charge in [-0.05, 0) is 19.4 Å². The monoisotopic (exact) mass is 358 g/mol. The lowest BCUT2D eigenvalue weighted by Gasteiger charge is -2.37. The van der Waals surface area contributed by atoms with Gasteiger partial charge in [0, 0.05) is 17.3 Å². The minimum atomic E-state index is -0.172. The summed E-state index contributed by atoms with van der Waals surface area (Å²) in [6.45, 7) is 7.73. The molecule has 1 fully saturated rings. The van der Waals surface area contributed by atoms with Crippen molar-refractivity contribution >= 4 is 50.7 Å². The first-order chi connectivity index (χ1) is 10.3. The number of aromatic nitrogens is 1. The first kappa shape index (κ1) is 16.0. The fourth-order valence-corrected chi connectivity index (χ4v) is 4.17. The summed E-state index contributed by atoms with van der Waals surface area (Å²) in [6.07, 6.45) is 0. The molecule has 0 atom stereocenters. The molecule has 3 rings (SSSR count). The fraction of sp³-hybridized carbons (Fsp3) is 0.467. The SMILES string of the molecule is Cc1nc2sc(C(=O)NCC3(C)COC3)c(Cl)c2c(C)c1Cl. The van der Waals surface area contributed by atoms with Crippen LogP contribution in [0.4, 0.5) is 0 Å². The molecule has 22 heavy (non-hydrogen) atoms. The van der Waals surface area contributed by atoms with Gasteiger partial charge in [-0.25, -0.2) is 4.98 Å². The highest BCUT2D eigenvalue weighted by Gasteiger charge is 2.34. The molecule has 1 saturated heterocycles. The van der Waals surface area contributed by atoms with E-state index in [0.29, 0.717) is 34.7 Å². The van der Waals surface area contributed by atoms with E-state index in [-0.39, 0.29) is 11.3 Å². The van der Waals surface area contributed by atoms with E-state index in [1.807, 2.05) is 13.8 Å². The Hall–Kier alpha value is -0.880. The number of halogens is 2. The Morgan fingerprint density at radius 1 is 1.36 bits per heavy atom. The summed E-state index contributed by atoms with van der Waals surface area (Å²) in [7, 11) is 0. The number of nitrogens with zero attached hydrogens (tertiary/aromatic N) is 1. The molecular formula is C15H16Cl2N2O2S. The summed E-state index contributed by atoms with van der Waals surface area (Å²) in [5, 5.41) is 4.73. The molecule has 0 bridgehead atoms. The van der Waals surface area contributed by atoms with Gasteiger partial charge in [-0.15, -0.1) is 11.3 Å². The molecule has 0 radical (unpaired) electrons. The maximum Gasteiger partial charge on any atom is 0.263 e. The summed E-state index contributed by atoms with van der Waals surface area (Å²) in [6, 6.07) is 0. The molecule has 0 unspecified atom stereocenters. The zero-order valence-corrected chi connectivity index (χ0v) is 14.9. The van der Waals surface area contributed by atoms with Crippen LogP contribution < -0.4 is 5.32 Å².